The van der Waals surface area contributed by atoms with Crippen LogP contribution in [0.25, 0.3) is 11.3 Å². The van der Waals surface area contributed by atoms with Gasteiger partial charge in [0.2, 0.25) is 0 Å². The van der Waals surface area contributed by atoms with Crippen LogP contribution in [-0.2, 0) is 6.42 Å². The summed E-state index contributed by atoms with van der Waals surface area (Å²) in [5.41, 5.74) is 3.58. The van der Waals surface area contributed by atoms with Crippen molar-refractivity contribution in [2.75, 3.05) is 5.32 Å². The summed E-state index contributed by atoms with van der Waals surface area (Å²) in [6.45, 7) is 0. The molecule has 5 nitrogen and oxygen atoms in total. The van der Waals surface area contributed by atoms with Crippen molar-refractivity contribution < 1.29 is 9.32 Å². The first kappa shape index (κ1) is 18.4. The first-order valence-corrected chi connectivity index (χ1v) is 9.88. The van der Waals surface area contributed by atoms with Gasteiger partial charge in [-0.1, -0.05) is 28.9 Å². The fraction of sp³-hybridized carbons (Fsp3) is 0.0952. The molecule has 3 aromatic heterocycles. The number of halogens is 1. The van der Waals surface area contributed by atoms with Crippen LogP contribution >= 0.6 is 22.9 Å². The van der Waals surface area contributed by atoms with Crippen LogP contribution in [0.4, 0.5) is 11.4 Å². The summed E-state index contributed by atoms with van der Waals surface area (Å²) in [5.74, 6) is 0.740. The molecule has 0 radical (unpaired) electrons. The predicted octanol–water partition coefficient (Wildman–Crippen LogP) is 6.01. The van der Waals surface area contributed by atoms with Gasteiger partial charge in [0.1, 0.15) is 11.5 Å². The largest absolute Gasteiger partial charge is 0.361 e. The number of aryl methyl sites for hydroxylation is 1. The van der Waals surface area contributed by atoms with Crippen molar-refractivity contribution in [3.05, 3.63) is 82.0 Å². The van der Waals surface area contributed by atoms with Gasteiger partial charge in [-0.05, 0) is 36.4 Å². The van der Waals surface area contributed by atoms with Gasteiger partial charge < -0.3 is 9.84 Å². The van der Waals surface area contributed by atoms with Crippen LogP contribution in [0.5, 0.6) is 0 Å². The number of nitrogens with zero attached hydrogens (tertiary/aromatic N) is 2. The fourth-order valence-corrected chi connectivity index (χ4v) is 3.73. The number of pyridine rings is 1. The summed E-state index contributed by atoms with van der Waals surface area (Å²) < 4.78 is 6.01. The van der Waals surface area contributed by atoms with Crippen LogP contribution in [0, 0.1) is 0 Å². The fourth-order valence-electron chi connectivity index (χ4n) is 2.72. The Morgan fingerprint density at radius 2 is 1.96 bits per heavy atom. The molecule has 4 aromatic rings. The van der Waals surface area contributed by atoms with E-state index in [1.54, 1.807) is 24.5 Å². The molecule has 0 unspecified atom stereocenters. The molecular formula is C21H16ClN3O2S. The second kappa shape index (κ2) is 8.37. The van der Waals surface area contributed by atoms with E-state index in [1.165, 1.54) is 11.3 Å². The smallest absolute Gasteiger partial charge is 0.173 e. The summed E-state index contributed by atoms with van der Waals surface area (Å²) in [6, 6.07) is 17.1. The number of ketones is 1. The van der Waals surface area contributed by atoms with Gasteiger partial charge in [-0.25, -0.2) is 0 Å². The maximum Gasteiger partial charge on any atom is 0.173 e. The minimum absolute atomic E-state index is 0.0562. The highest BCUT2D eigenvalue weighted by Crippen LogP contribution is 2.25. The number of anilines is 2. The van der Waals surface area contributed by atoms with E-state index in [0.717, 1.165) is 22.6 Å². The van der Waals surface area contributed by atoms with Crippen LogP contribution in [0.15, 0.2) is 71.5 Å². The number of Topliss-reactive ketones (excluding diaryl/α,β-unsaturated/α-hetero) is 1. The normalized spacial score (nSPS) is 10.8. The molecule has 140 valence electrons. The Bertz CT molecular complexity index is 1070. The first-order chi connectivity index (χ1) is 13.7. The average molecular weight is 410 g/mol. The van der Waals surface area contributed by atoms with Crippen LogP contribution < -0.4 is 5.32 Å². The molecule has 0 aliphatic rings. The van der Waals surface area contributed by atoms with E-state index in [2.05, 4.69) is 15.5 Å². The molecule has 3 heterocycles. The monoisotopic (exact) mass is 409 g/mol. The molecule has 0 bridgehead atoms. The van der Waals surface area contributed by atoms with E-state index in [9.17, 15) is 4.79 Å². The summed E-state index contributed by atoms with van der Waals surface area (Å²) >= 11 is 7.17. The number of rotatable bonds is 7. The molecule has 0 aliphatic carbocycles. The number of nitrogens with one attached hydrogen (secondary N) is 1. The zero-order valence-electron chi connectivity index (χ0n) is 14.8. The zero-order valence-corrected chi connectivity index (χ0v) is 16.3. The second-order valence-electron chi connectivity index (χ2n) is 6.15. The highest BCUT2D eigenvalue weighted by molar-refractivity contribution is 7.18. The van der Waals surface area contributed by atoms with Crippen LogP contribution in [0.1, 0.15) is 21.9 Å². The molecule has 0 saturated heterocycles. The topological polar surface area (TPSA) is 68.0 Å². The first-order valence-electron chi connectivity index (χ1n) is 8.69. The number of thiophene rings is 1. The van der Waals surface area contributed by atoms with Crippen LogP contribution in [0.2, 0.25) is 4.34 Å². The quantitative estimate of drug-likeness (QED) is 0.378. The van der Waals surface area contributed by atoms with Crippen molar-refractivity contribution in [3.63, 3.8) is 0 Å². The Labute approximate surface area is 171 Å². The van der Waals surface area contributed by atoms with E-state index >= 15 is 0 Å². The number of carbonyl (C=O) groups excluding carboxylic acids is 1. The summed E-state index contributed by atoms with van der Waals surface area (Å²) in [6.07, 6.45) is 4.37. The number of carbonyl (C=O) groups is 1. The Hall–Kier alpha value is -2.96. The van der Waals surface area contributed by atoms with E-state index in [4.69, 9.17) is 16.1 Å². The molecule has 28 heavy (non-hydrogen) atoms. The highest BCUT2D eigenvalue weighted by Gasteiger charge is 2.12. The SMILES string of the molecule is O=C(CCc1cc(-c2ccc(Nc3cccnc3)cc2)no1)c1ccc(Cl)s1. The lowest BCUT2D eigenvalue weighted by Crippen LogP contribution is -1.97. The maximum absolute atomic E-state index is 12.2. The van der Waals surface area contributed by atoms with Gasteiger partial charge in [-0.3, -0.25) is 9.78 Å². The Kier molecular flexibility index (Phi) is 5.50. The predicted molar refractivity (Wildman–Crippen MR) is 111 cm³/mol. The van der Waals surface area contributed by atoms with Crippen LogP contribution in [-0.4, -0.2) is 15.9 Å². The zero-order chi connectivity index (χ0) is 19.3. The number of aromatic nitrogens is 2. The Balaban J connectivity index is 1.37. The van der Waals surface area contributed by atoms with E-state index in [0.29, 0.717) is 27.8 Å². The number of hydrogen-bond acceptors (Lipinski definition) is 6. The van der Waals surface area contributed by atoms with E-state index in [1.807, 2.05) is 42.5 Å². The molecule has 0 aliphatic heterocycles. The molecule has 0 atom stereocenters. The van der Waals surface area contributed by atoms with Crippen molar-refractivity contribution in [3.8, 4) is 11.3 Å². The third-order valence-electron chi connectivity index (χ3n) is 4.14. The van der Waals surface area contributed by atoms with E-state index < -0.39 is 0 Å². The van der Waals surface area contributed by atoms with Crippen molar-refractivity contribution in [2.24, 2.45) is 0 Å². The number of hydrogen-bond donors (Lipinski definition) is 1. The van der Waals surface area contributed by atoms with Gasteiger partial charge in [-0.15, -0.1) is 11.3 Å². The molecule has 0 fully saturated rings. The third-order valence-corrected chi connectivity index (χ3v) is 5.41. The van der Waals surface area contributed by atoms with Gasteiger partial charge >= 0.3 is 0 Å². The second-order valence-corrected chi connectivity index (χ2v) is 7.86. The van der Waals surface area contributed by atoms with Crippen molar-refractivity contribution in [2.45, 2.75) is 12.8 Å². The van der Waals surface area contributed by atoms with Gasteiger partial charge in [0, 0.05) is 36.4 Å². The van der Waals surface area contributed by atoms with Crippen molar-refractivity contribution >= 4 is 40.1 Å². The lowest BCUT2D eigenvalue weighted by Gasteiger charge is -2.05. The maximum atomic E-state index is 12.2. The van der Waals surface area contributed by atoms with Crippen molar-refractivity contribution in [1.29, 1.82) is 0 Å². The minimum Gasteiger partial charge on any atom is -0.361 e. The van der Waals surface area contributed by atoms with Gasteiger partial charge in [0.25, 0.3) is 0 Å². The average Bonchev–Trinajstić information content (AvgIpc) is 3.37. The van der Waals surface area contributed by atoms with Gasteiger partial charge in [-0.2, -0.15) is 0 Å². The molecule has 4 rings (SSSR count). The molecule has 7 heteroatoms. The molecule has 0 spiro atoms. The minimum atomic E-state index is 0.0562. The molecule has 1 aromatic carbocycles. The summed E-state index contributed by atoms with van der Waals surface area (Å²) in [5, 5.41) is 7.41. The summed E-state index contributed by atoms with van der Waals surface area (Å²) in [4.78, 5) is 16.9. The Morgan fingerprint density at radius 3 is 2.68 bits per heavy atom. The number of benzene rings is 1. The highest BCUT2D eigenvalue weighted by atomic mass is 35.5. The molecular weight excluding hydrogens is 394 g/mol. The molecule has 0 saturated carbocycles. The summed E-state index contributed by atoms with van der Waals surface area (Å²) in [7, 11) is 0. The van der Waals surface area contributed by atoms with Crippen molar-refractivity contribution in [1.82, 2.24) is 10.1 Å². The van der Waals surface area contributed by atoms with Gasteiger partial charge in [0.05, 0.1) is 21.1 Å². The Morgan fingerprint density at radius 1 is 1.11 bits per heavy atom. The van der Waals surface area contributed by atoms with Gasteiger partial charge in [0.15, 0.2) is 5.78 Å². The molecule has 1 N–H and O–H groups in total. The lowest BCUT2D eigenvalue weighted by molar-refractivity contribution is 0.0984. The van der Waals surface area contributed by atoms with E-state index in [-0.39, 0.29) is 5.78 Å². The lowest BCUT2D eigenvalue weighted by atomic mass is 10.1. The van der Waals surface area contributed by atoms with Crippen LogP contribution in [0.3, 0.4) is 0 Å². The third kappa shape index (κ3) is 4.47. The standard InChI is InChI=1S/C21H16ClN3O2S/c22-21-10-9-20(28-21)19(26)8-7-17-12-18(25-27-17)14-3-5-15(6-4-14)24-16-2-1-11-23-13-16/h1-6,9-13,24H,7-8H2. The molecule has 0 amide bonds.